The lowest BCUT2D eigenvalue weighted by Crippen LogP contribution is -2.23. The van der Waals surface area contributed by atoms with Gasteiger partial charge in [0.15, 0.2) is 5.13 Å². The van der Waals surface area contributed by atoms with Gasteiger partial charge in [0, 0.05) is 22.8 Å². The minimum atomic E-state index is -0.313. The number of aromatic nitrogens is 1. The normalized spacial score (nSPS) is 12.8. The molecule has 2 N–H and O–H groups in total. The number of thiazole rings is 1. The maximum absolute atomic E-state index is 12.5. The molecule has 0 spiro atoms. The molecule has 0 saturated heterocycles. The summed E-state index contributed by atoms with van der Waals surface area (Å²) in [6.07, 6.45) is 0. The molecule has 0 bridgehead atoms. The molecule has 3 rings (SSSR count). The van der Waals surface area contributed by atoms with Crippen LogP contribution in [0, 0.1) is 0 Å². The zero-order chi connectivity index (χ0) is 21.7. The van der Waals surface area contributed by atoms with Crippen LogP contribution in [0.5, 0.6) is 0 Å². The predicted octanol–water partition coefficient (Wildman–Crippen LogP) is 5.78. The van der Waals surface area contributed by atoms with Crippen LogP contribution < -0.4 is 10.6 Å². The first-order valence-corrected chi connectivity index (χ1v) is 11.5. The van der Waals surface area contributed by atoms with Gasteiger partial charge in [0.25, 0.3) is 0 Å². The first-order chi connectivity index (χ1) is 14.3. The average Bonchev–Trinajstić information content (AvgIpc) is 3.17. The molecule has 2 aromatic carbocycles. The van der Waals surface area contributed by atoms with E-state index in [0.29, 0.717) is 10.2 Å². The molecule has 2 atom stereocenters. The lowest BCUT2D eigenvalue weighted by Gasteiger charge is -2.13. The molecule has 2 amide bonds. The highest BCUT2D eigenvalue weighted by Crippen LogP contribution is 2.31. The molecule has 0 aliphatic heterocycles. The molecule has 30 heavy (non-hydrogen) atoms. The number of halogens is 1. The Kier molecular flexibility index (Phi) is 7.53. The summed E-state index contributed by atoms with van der Waals surface area (Å²) in [6, 6.07) is 15.3. The van der Waals surface area contributed by atoms with Gasteiger partial charge >= 0.3 is 0 Å². The van der Waals surface area contributed by atoms with Crippen LogP contribution in [0.1, 0.15) is 32.4 Å². The van der Waals surface area contributed by atoms with Crippen molar-refractivity contribution in [2.75, 3.05) is 5.32 Å². The van der Waals surface area contributed by atoms with Crippen LogP contribution >= 0.6 is 34.7 Å². The molecule has 0 radical (unpaired) electrons. The summed E-state index contributed by atoms with van der Waals surface area (Å²) in [5.41, 5.74) is 2.76. The average molecular weight is 460 g/mol. The van der Waals surface area contributed by atoms with Gasteiger partial charge in [-0.3, -0.25) is 9.59 Å². The van der Waals surface area contributed by atoms with Gasteiger partial charge in [-0.2, -0.15) is 0 Å². The number of nitrogens with one attached hydrogen (secondary N) is 2. The summed E-state index contributed by atoms with van der Waals surface area (Å²) < 4.78 is 0. The minimum absolute atomic E-state index is 0.0565. The zero-order valence-electron chi connectivity index (χ0n) is 16.8. The number of carbonyl (C=O) groups is 2. The number of carbonyl (C=O) groups excluding carboxylic acids is 2. The zero-order valence-corrected chi connectivity index (χ0v) is 19.2. The molecule has 0 fully saturated rings. The fourth-order valence-corrected chi connectivity index (χ4v) is 4.66. The van der Waals surface area contributed by atoms with Gasteiger partial charge in [-0.05, 0) is 31.5 Å². The Morgan fingerprint density at radius 3 is 2.47 bits per heavy atom. The Morgan fingerprint density at radius 1 is 1.10 bits per heavy atom. The SMILES string of the molecule is CC(=O)N[C@H](C)c1ccc(-c2csc(NC(=O)[C@@H](C)Sc3ccccc3Cl)n2)cc1. The van der Waals surface area contributed by atoms with Crippen molar-refractivity contribution >= 4 is 51.6 Å². The number of nitrogens with zero attached hydrogens (tertiary/aromatic N) is 1. The third-order valence-corrected chi connectivity index (χ3v) is 6.75. The monoisotopic (exact) mass is 459 g/mol. The topological polar surface area (TPSA) is 71.1 Å². The Balaban J connectivity index is 1.62. The summed E-state index contributed by atoms with van der Waals surface area (Å²) in [7, 11) is 0. The van der Waals surface area contributed by atoms with E-state index >= 15 is 0 Å². The van der Waals surface area contributed by atoms with Crippen molar-refractivity contribution in [3.05, 3.63) is 64.5 Å². The van der Waals surface area contributed by atoms with Gasteiger partial charge in [0.1, 0.15) is 0 Å². The molecule has 8 heteroatoms. The molecule has 156 valence electrons. The van der Waals surface area contributed by atoms with Crippen LogP contribution in [0.4, 0.5) is 5.13 Å². The molecule has 0 aliphatic rings. The van der Waals surface area contributed by atoms with Crippen molar-refractivity contribution in [2.45, 2.75) is 37.0 Å². The predicted molar refractivity (Wildman–Crippen MR) is 125 cm³/mol. The van der Waals surface area contributed by atoms with Crippen molar-refractivity contribution in [1.82, 2.24) is 10.3 Å². The van der Waals surface area contributed by atoms with E-state index in [2.05, 4.69) is 15.6 Å². The van der Waals surface area contributed by atoms with E-state index in [1.807, 2.05) is 67.8 Å². The first-order valence-electron chi connectivity index (χ1n) is 9.38. The fourth-order valence-electron chi connectivity index (χ4n) is 2.79. The number of thioether (sulfide) groups is 1. The van der Waals surface area contributed by atoms with Crippen LogP contribution in [0.2, 0.25) is 5.02 Å². The largest absolute Gasteiger partial charge is 0.350 e. The summed E-state index contributed by atoms with van der Waals surface area (Å²) in [5, 5.41) is 8.53. The molecule has 0 saturated carbocycles. The van der Waals surface area contributed by atoms with Crippen LogP contribution in [0.3, 0.4) is 0 Å². The lowest BCUT2D eigenvalue weighted by atomic mass is 10.1. The van der Waals surface area contributed by atoms with Gasteiger partial charge in [0.2, 0.25) is 11.8 Å². The number of anilines is 1. The van der Waals surface area contributed by atoms with Crippen LogP contribution in [-0.4, -0.2) is 22.0 Å². The number of benzene rings is 2. The van der Waals surface area contributed by atoms with Gasteiger partial charge in [-0.15, -0.1) is 23.1 Å². The second kappa shape index (κ2) is 10.1. The van der Waals surface area contributed by atoms with E-state index in [0.717, 1.165) is 21.7 Å². The fraction of sp³-hybridized carbons (Fsp3) is 0.227. The number of amides is 2. The summed E-state index contributed by atoms with van der Waals surface area (Å²) >= 11 is 8.97. The third-order valence-electron chi connectivity index (χ3n) is 4.37. The molecule has 1 aromatic heterocycles. The lowest BCUT2D eigenvalue weighted by molar-refractivity contribution is -0.119. The van der Waals surface area contributed by atoms with E-state index < -0.39 is 0 Å². The summed E-state index contributed by atoms with van der Waals surface area (Å²) in [4.78, 5) is 29.2. The molecular weight excluding hydrogens is 438 g/mol. The van der Waals surface area contributed by atoms with Crippen LogP contribution in [0.15, 0.2) is 58.8 Å². The molecular formula is C22H22ClN3O2S2. The Hall–Kier alpha value is -2.35. The Labute approximate surface area is 189 Å². The molecule has 5 nitrogen and oxygen atoms in total. The third kappa shape index (κ3) is 5.84. The number of rotatable bonds is 7. The number of hydrogen-bond donors (Lipinski definition) is 2. The van der Waals surface area contributed by atoms with E-state index in [-0.39, 0.29) is 23.1 Å². The Morgan fingerprint density at radius 2 is 1.80 bits per heavy atom. The van der Waals surface area contributed by atoms with Crippen molar-refractivity contribution in [3.8, 4) is 11.3 Å². The van der Waals surface area contributed by atoms with Gasteiger partial charge in [-0.1, -0.05) is 48.0 Å². The van der Waals surface area contributed by atoms with E-state index in [1.165, 1.54) is 30.0 Å². The van der Waals surface area contributed by atoms with Crippen molar-refractivity contribution < 1.29 is 9.59 Å². The minimum Gasteiger partial charge on any atom is -0.350 e. The Bertz CT molecular complexity index is 1040. The molecule has 0 unspecified atom stereocenters. The highest BCUT2D eigenvalue weighted by atomic mass is 35.5. The summed E-state index contributed by atoms with van der Waals surface area (Å²) in [6.45, 7) is 5.28. The highest BCUT2D eigenvalue weighted by molar-refractivity contribution is 8.00. The van der Waals surface area contributed by atoms with Gasteiger partial charge in [0.05, 0.1) is 22.0 Å². The smallest absolute Gasteiger partial charge is 0.239 e. The second-order valence-electron chi connectivity index (χ2n) is 6.76. The van der Waals surface area contributed by atoms with E-state index in [4.69, 9.17) is 11.6 Å². The van der Waals surface area contributed by atoms with Crippen molar-refractivity contribution in [3.63, 3.8) is 0 Å². The quantitative estimate of drug-likeness (QED) is 0.439. The summed E-state index contributed by atoms with van der Waals surface area (Å²) in [5.74, 6) is -0.186. The highest BCUT2D eigenvalue weighted by Gasteiger charge is 2.17. The second-order valence-corrected chi connectivity index (χ2v) is 9.41. The van der Waals surface area contributed by atoms with Crippen LogP contribution in [-0.2, 0) is 9.59 Å². The molecule has 0 aliphatic carbocycles. The first kappa shape index (κ1) is 22.3. The van der Waals surface area contributed by atoms with Gasteiger partial charge in [-0.25, -0.2) is 4.98 Å². The van der Waals surface area contributed by atoms with Gasteiger partial charge < -0.3 is 10.6 Å². The maximum atomic E-state index is 12.5. The standard InChI is InChI=1S/C22H22ClN3O2S2/c1-13(24-15(3)27)16-8-10-17(11-9-16)19-12-29-22(25-19)26-21(28)14(2)30-20-7-5-4-6-18(20)23/h4-14H,1-3H3,(H,24,27)(H,25,26,28)/t13-,14-/m1/s1. The van der Waals surface area contributed by atoms with Crippen LogP contribution in [0.25, 0.3) is 11.3 Å². The van der Waals surface area contributed by atoms with Crippen molar-refractivity contribution in [2.24, 2.45) is 0 Å². The van der Waals surface area contributed by atoms with Crippen molar-refractivity contribution in [1.29, 1.82) is 0 Å². The number of hydrogen-bond acceptors (Lipinski definition) is 5. The van der Waals surface area contributed by atoms with E-state index in [9.17, 15) is 9.59 Å². The molecule has 1 heterocycles. The molecule has 3 aromatic rings. The maximum Gasteiger partial charge on any atom is 0.239 e. The van der Waals surface area contributed by atoms with E-state index in [1.54, 1.807) is 0 Å².